The number of nitrogens with zero attached hydrogens (tertiary/aromatic N) is 3. The molecule has 0 aliphatic carbocycles. The van der Waals surface area contributed by atoms with Gasteiger partial charge in [-0.05, 0) is 51.9 Å². The van der Waals surface area contributed by atoms with E-state index >= 15 is 0 Å². The second-order valence-corrected chi connectivity index (χ2v) is 6.00. The average Bonchev–Trinajstić information content (AvgIpc) is 2.92. The minimum absolute atomic E-state index is 0.587. The maximum atomic E-state index is 4.82. The molecule has 1 aromatic rings. The molecule has 2 fully saturated rings. The molecular weight excluding hydrogens is 236 g/mol. The Morgan fingerprint density at radius 2 is 2.32 bits per heavy atom. The van der Waals surface area contributed by atoms with Crippen molar-refractivity contribution in [2.75, 3.05) is 26.7 Å². The van der Waals surface area contributed by atoms with E-state index in [2.05, 4.69) is 28.3 Å². The van der Waals surface area contributed by atoms with Crippen molar-refractivity contribution < 1.29 is 0 Å². The zero-order valence-electron chi connectivity index (χ0n) is 11.8. The number of hydrogen-bond acceptors (Lipinski definition) is 4. The molecule has 3 rings (SSSR count). The summed E-state index contributed by atoms with van der Waals surface area (Å²) in [6.45, 7) is 3.51. The van der Waals surface area contributed by atoms with Crippen LogP contribution in [-0.4, -0.2) is 47.6 Å². The number of nitrogens with one attached hydrogen (secondary N) is 1. The van der Waals surface area contributed by atoms with Crippen LogP contribution in [0.15, 0.2) is 12.3 Å². The Kier molecular flexibility index (Phi) is 4.09. The number of aromatic nitrogens is 2. The summed E-state index contributed by atoms with van der Waals surface area (Å²) in [7, 11) is 2.21. The molecule has 3 heterocycles. The summed E-state index contributed by atoms with van der Waals surface area (Å²) in [4.78, 5) is 11.7. The third kappa shape index (κ3) is 3.31. The van der Waals surface area contributed by atoms with E-state index in [0.29, 0.717) is 12.0 Å². The lowest BCUT2D eigenvalue weighted by Crippen LogP contribution is -2.31. The lowest BCUT2D eigenvalue weighted by atomic mass is 9.95. The van der Waals surface area contributed by atoms with Gasteiger partial charge in [0.1, 0.15) is 5.82 Å². The summed E-state index contributed by atoms with van der Waals surface area (Å²) in [6.07, 6.45) is 8.03. The zero-order chi connectivity index (χ0) is 13.1. The van der Waals surface area contributed by atoms with Crippen molar-refractivity contribution in [3.8, 4) is 0 Å². The topological polar surface area (TPSA) is 41.1 Å². The Morgan fingerprint density at radius 1 is 1.37 bits per heavy atom. The first-order valence-electron chi connectivity index (χ1n) is 7.55. The third-order valence-electron chi connectivity index (χ3n) is 4.36. The summed E-state index contributed by atoms with van der Waals surface area (Å²) < 4.78 is 0. The van der Waals surface area contributed by atoms with E-state index in [1.807, 2.05) is 6.20 Å². The van der Waals surface area contributed by atoms with Crippen molar-refractivity contribution in [1.29, 1.82) is 0 Å². The van der Waals surface area contributed by atoms with Crippen molar-refractivity contribution in [2.24, 2.45) is 0 Å². The highest BCUT2D eigenvalue weighted by atomic mass is 15.1. The predicted molar refractivity (Wildman–Crippen MR) is 76.2 cm³/mol. The molecule has 0 saturated carbocycles. The predicted octanol–water partition coefficient (Wildman–Crippen LogP) is 1.58. The van der Waals surface area contributed by atoms with Gasteiger partial charge in [-0.3, -0.25) is 0 Å². The normalized spacial score (nSPS) is 28.7. The standard InChI is InChI=1S/C15H24N4/c1-19-9-3-4-12(11-19)14-6-8-17-15(18-14)10-13-5-2-7-16-13/h6,8,12-13,16H,2-5,7,9-11H2,1H3. The molecule has 2 atom stereocenters. The Bertz CT molecular complexity index is 414. The average molecular weight is 260 g/mol. The Labute approximate surface area is 115 Å². The summed E-state index contributed by atoms with van der Waals surface area (Å²) in [5.41, 5.74) is 1.24. The van der Waals surface area contributed by atoms with Gasteiger partial charge in [-0.15, -0.1) is 0 Å². The van der Waals surface area contributed by atoms with Gasteiger partial charge in [0.05, 0.1) is 0 Å². The summed E-state index contributed by atoms with van der Waals surface area (Å²) in [6, 6.07) is 2.69. The van der Waals surface area contributed by atoms with Crippen molar-refractivity contribution in [1.82, 2.24) is 20.2 Å². The lowest BCUT2D eigenvalue weighted by Gasteiger charge is -2.29. The molecule has 0 amide bonds. The first-order chi connectivity index (χ1) is 9.31. The molecule has 2 saturated heterocycles. The van der Waals surface area contributed by atoms with Crippen LogP contribution in [0.2, 0.25) is 0 Å². The van der Waals surface area contributed by atoms with Gasteiger partial charge in [-0.2, -0.15) is 0 Å². The van der Waals surface area contributed by atoms with Crippen LogP contribution in [-0.2, 0) is 6.42 Å². The lowest BCUT2D eigenvalue weighted by molar-refractivity contribution is 0.248. The van der Waals surface area contributed by atoms with Crippen LogP contribution in [0.4, 0.5) is 0 Å². The quantitative estimate of drug-likeness (QED) is 0.896. The fraction of sp³-hybridized carbons (Fsp3) is 0.733. The van der Waals surface area contributed by atoms with Gasteiger partial charge in [0.25, 0.3) is 0 Å². The third-order valence-corrected chi connectivity index (χ3v) is 4.36. The minimum Gasteiger partial charge on any atom is -0.314 e. The van der Waals surface area contributed by atoms with E-state index < -0.39 is 0 Å². The maximum absolute atomic E-state index is 4.82. The smallest absolute Gasteiger partial charge is 0.130 e. The van der Waals surface area contributed by atoms with Crippen molar-refractivity contribution in [2.45, 2.75) is 44.1 Å². The van der Waals surface area contributed by atoms with Gasteiger partial charge in [-0.1, -0.05) is 0 Å². The molecule has 19 heavy (non-hydrogen) atoms. The number of hydrogen-bond donors (Lipinski definition) is 1. The highest BCUT2D eigenvalue weighted by molar-refractivity contribution is 5.11. The van der Waals surface area contributed by atoms with E-state index in [1.54, 1.807) is 0 Å². The first-order valence-corrected chi connectivity index (χ1v) is 7.55. The number of likely N-dealkylation sites (N-methyl/N-ethyl adjacent to an activating group) is 1. The van der Waals surface area contributed by atoms with Crippen molar-refractivity contribution in [3.05, 3.63) is 23.8 Å². The van der Waals surface area contributed by atoms with Crippen LogP contribution >= 0.6 is 0 Å². The van der Waals surface area contributed by atoms with E-state index in [0.717, 1.165) is 25.3 Å². The van der Waals surface area contributed by atoms with Crippen LogP contribution in [0, 0.1) is 0 Å². The highest BCUT2D eigenvalue weighted by Gasteiger charge is 2.21. The Hall–Kier alpha value is -1.00. The van der Waals surface area contributed by atoms with Gasteiger partial charge in [0, 0.05) is 36.8 Å². The fourth-order valence-electron chi connectivity index (χ4n) is 3.30. The molecule has 104 valence electrons. The Balaban J connectivity index is 1.68. The van der Waals surface area contributed by atoms with E-state index in [1.165, 1.54) is 37.9 Å². The van der Waals surface area contributed by atoms with Gasteiger partial charge in [0.2, 0.25) is 0 Å². The van der Waals surface area contributed by atoms with Gasteiger partial charge in [-0.25, -0.2) is 9.97 Å². The molecule has 1 aromatic heterocycles. The SMILES string of the molecule is CN1CCCC(c2ccnc(CC3CCCN3)n2)C1. The van der Waals surface area contributed by atoms with Crippen LogP contribution < -0.4 is 5.32 Å². The molecule has 4 nitrogen and oxygen atoms in total. The maximum Gasteiger partial charge on any atom is 0.130 e. The molecule has 2 aliphatic rings. The largest absolute Gasteiger partial charge is 0.314 e. The van der Waals surface area contributed by atoms with Crippen LogP contribution in [0.25, 0.3) is 0 Å². The number of likely N-dealkylation sites (tertiary alicyclic amines) is 1. The number of piperidine rings is 1. The molecular formula is C15H24N4. The van der Waals surface area contributed by atoms with Crippen molar-refractivity contribution >= 4 is 0 Å². The van der Waals surface area contributed by atoms with E-state index in [4.69, 9.17) is 4.98 Å². The second-order valence-electron chi connectivity index (χ2n) is 6.00. The fourth-order valence-corrected chi connectivity index (χ4v) is 3.30. The second kappa shape index (κ2) is 5.97. The highest BCUT2D eigenvalue weighted by Crippen LogP contribution is 2.24. The molecule has 0 spiro atoms. The Morgan fingerprint density at radius 3 is 3.11 bits per heavy atom. The first kappa shape index (κ1) is 13.0. The van der Waals surface area contributed by atoms with E-state index in [-0.39, 0.29) is 0 Å². The molecule has 0 aromatic carbocycles. The van der Waals surface area contributed by atoms with E-state index in [9.17, 15) is 0 Å². The molecule has 1 N–H and O–H groups in total. The molecule has 2 unspecified atom stereocenters. The van der Waals surface area contributed by atoms with Crippen LogP contribution in [0.5, 0.6) is 0 Å². The van der Waals surface area contributed by atoms with Gasteiger partial charge < -0.3 is 10.2 Å². The van der Waals surface area contributed by atoms with Gasteiger partial charge in [0.15, 0.2) is 0 Å². The minimum atomic E-state index is 0.587. The zero-order valence-corrected chi connectivity index (χ0v) is 11.8. The molecule has 2 aliphatic heterocycles. The monoisotopic (exact) mass is 260 g/mol. The van der Waals surface area contributed by atoms with Crippen LogP contribution in [0.3, 0.4) is 0 Å². The molecule has 0 bridgehead atoms. The summed E-state index contributed by atoms with van der Waals surface area (Å²) >= 11 is 0. The van der Waals surface area contributed by atoms with Gasteiger partial charge >= 0.3 is 0 Å². The molecule has 4 heteroatoms. The number of rotatable bonds is 3. The van der Waals surface area contributed by atoms with Crippen molar-refractivity contribution in [3.63, 3.8) is 0 Å². The van der Waals surface area contributed by atoms with Crippen LogP contribution in [0.1, 0.15) is 43.1 Å². The summed E-state index contributed by atoms with van der Waals surface area (Å²) in [5.74, 6) is 1.61. The summed E-state index contributed by atoms with van der Waals surface area (Å²) in [5, 5.41) is 3.52. The molecule has 0 radical (unpaired) electrons.